The second-order valence-corrected chi connectivity index (χ2v) is 5.50. The molecule has 6 nitrogen and oxygen atoms in total. The summed E-state index contributed by atoms with van der Waals surface area (Å²) in [4.78, 5) is 36.3. The number of halogens is 1. The maximum absolute atomic E-state index is 12.5. The highest BCUT2D eigenvalue weighted by Gasteiger charge is 2.36. The average Bonchev–Trinajstić information content (AvgIpc) is 2.46. The van der Waals surface area contributed by atoms with E-state index in [1.807, 2.05) is 0 Å². The molecule has 0 bridgehead atoms. The Morgan fingerprint density at radius 2 is 2.17 bits per heavy atom. The predicted octanol–water partition coefficient (Wildman–Crippen LogP) is 2.25. The molecule has 0 spiro atoms. The highest BCUT2D eigenvalue weighted by Crippen LogP contribution is 2.26. The highest BCUT2D eigenvalue weighted by molar-refractivity contribution is 6.30. The summed E-state index contributed by atoms with van der Waals surface area (Å²) in [6.07, 6.45) is -0.113. The topological polar surface area (TPSA) is 84.5 Å². The molecule has 1 aromatic carbocycles. The number of ether oxygens (including phenoxy) is 1. The molecule has 2 N–H and O–H groups in total. The van der Waals surface area contributed by atoms with Gasteiger partial charge in [-0.25, -0.2) is 4.79 Å². The second-order valence-electron chi connectivity index (χ2n) is 5.06. The minimum Gasteiger partial charge on any atom is -0.463 e. The molecule has 1 aliphatic heterocycles. The summed E-state index contributed by atoms with van der Waals surface area (Å²) >= 11 is 5.88. The normalized spacial score (nSPS) is 17.5. The largest absolute Gasteiger partial charge is 0.463 e. The molecule has 0 unspecified atom stereocenters. The number of esters is 1. The van der Waals surface area contributed by atoms with Gasteiger partial charge in [-0.05, 0) is 32.0 Å². The first kappa shape index (κ1) is 17.0. The van der Waals surface area contributed by atoms with E-state index in [-0.39, 0.29) is 24.5 Å². The predicted molar refractivity (Wildman–Crippen MR) is 85.7 cm³/mol. The second kappa shape index (κ2) is 7.28. The van der Waals surface area contributed by atoms with E-state index in [0.717, 1.165) is 0 Å². The first-order chi connectivity index (χ1) is 10.9. The number of hydrogen-bond donors (Lipinski definition) is 2. The number of carbonyl (C=O) groups excluding carboxylic acids is 3. The van der Waals surface area contributed by atoms with Gasteiger partial charge in [0.05, 0.1) is 18.1 Å². The maximum Gasteiger partial charge on any atom is 0.336 e. The Morgan fingerprint density at radius 3 is 2.83 bits per heavy atom. The first-order valence-electron chi connectivity index (χ1n) is 7.16. The Labute approximate surface area is 138 Å². The van der Waals surface area contributed by atoms with E-state index < -0.39 is 17.8 Å². The van der Waals surface area contributed by atoms with Gasteiger partial charge in [0.25, 0.3) is 0 Å². The van der Waals surface area contributed by atoms with E-state index in [9.17, 15) is 14.4 Å². The van der Waals surface area contributed by atoms with Gasteiger partial charge < -0.3 is 15.4 Å². The van der Waals surface area contributed by atoms with Crippen LogP contribution in [0.5, 0.6) is 0 Å². The molecule has 0 saturated heterocycles. The van der Waals surface area contributed by atoms with E-state index >= 15 is 0 Å². The van der Waals surface area contributed by atoms with Gasteiger partial charge in [0, 0.05) is 22.8 Å². The van der Waals surface area contributed by atoms with Gasteiger partial charge >= 0.3 is 5.97 Å². The summed E-state index contributed by atoms with van der Waals surface area (Å²) in [7, 11) is 0. The van der Waals surface area contributed by atoms with Crippen LogP contribution >= 0.6 is 11.6 Å². The summed E-state index contributed by atoms with van der Waals surface area (Å²) in [5.41, 5.74) is 1.01. The summed E-state index contributed by atoms with van der Waals surface area (Å²) in [6.45, 7) is 3.44. The molecule has 23 heavy (non-hydrogen) atoms. The van der Waals surface area contributed by atoms with Gasteiger partial charge in [0.2, 0.25) is 11.8 Å². The molecule has 0 radical (unpaired) electrons. The minimum atomic E-state index is -0.901. The molecule has 1 aliphatic rings. The van der Waals surface area contributed by atoms with Crippen molar-refractivity contribution in [3.63, 3.8) is 0 Å². The van der Waals surface area contributed by atoms with Crippen LogP contribution in [-0.4, -0.2) is 24.4 Å². The maximum atomic E-state index is 12.5. The molecule has 122 valence electrons. The van der Waals surface area contributed by atoms with Gasteiger partial charge in [-0.3, -0.25) is 9.59 Å². The Kier molecular flexibility index (Phi) is 5.39. The van der Waals surface area contributed by atoms with Crippen LogP contribution in [0.2, 0.25) is 5.02 Å². The average molecular weight is 337 g/mol. The molecule has 0 aliphatic carbocycles. The first-order valence-corrected chi connectivity index (χ1v) is 7.54. The standard InChI is InChI=1S/C16H17ClN2O4/c1-3-23-16(22)14-9(2)18-13(20)8-12(14)15(21)19-11-6-4-5-10(17)7-11/h4-7,12H,3,8H2,1-2H3,(H,18,20)(H,19,21)/t12-/m0/s1. The zero-order valence-electron chi connectivity index (χ0n) is 12.8. The Balaban J connectivity index is 2.26. The van der Waals surface area contributed by atoms with Crippen molar-refractivity contribution < 1.29 is 19.1 Å². The lowest BCUT2D eigenvalue weighted by molar-refractivity contribution is -0.141. The van der Waals surface area contributed by atoms with Crippen LogP contribution in [0, 0.1) is 5.92 Å². The molecule has 1 atom stereocenters. The van der Waals surface area contributed by atoms with Crippen LogP contribution in [-0.2, 0) is 19.1 Å². The number of nitrogens with one attached hydrogen (secondary N) is 2. The molecule has 2 rings (SSSR count). The molecule has 0 fully saturated rings. The van der Waals surface area contributed by atoms with Crippen LogP contribution in [0.4, 0.5) is 5.69 Å². The van der Waals surface area contributed by atoms with Crippen molar-refractivity contribution in [3.05, 3.63) is 40.6 Å². The fourth-order valence-corrected chi connectivity index (χ4v) is 2.59. The number of rotatable bonds is 4. The minimum absolute atomic E-state index is 0.113. The molecule has 0 saturated carbocycles. The summed E-state index contributed by atoms with van der Waals surface area (Å²) < 4.78 is 4.99. The third-order valence-electron chi connectivity index (χ3n) is 3.37. The number of amides is 2. The van der Waals surface area contributed by atoms with Crippen LogP contribution in [0.15, 0.2) is 35.5 Å². The van der Waals surface area contributed by atoms with Gasteiger partial charge in [0.15, 0.2) is 0 Å². The monoisotopic (exact) mass is 336 g/mol. The smallest absolute Gasteiger partial charge is 0.336 e. The van der Waals surface area contributed by atoms with Gasteiger partial charge in [-0.1, -0.05) is 17.7 Å². The fraction of sp³-hybridized carbons (Fsp3) is 0.312. The third kappa shape index (κ3) is 4.10. The quantitative estimate of drug-likeness (QED) is 0.826. The SMILES string of the molecule is CCOC(=O)C1=C(C)NC(=O)C[C@@H]1C(=O)Nc1cccc(Cl)c1. The zero-order valence-corrected chi connectivity index (χ0v) is 13.6. The molecule has 2 amide bonds. The van der Waals surface area contributed by atoms with Crippen molar-refractivity contribution in [1.82, 2.24) is 5.32 Å². The number of benzene rings is 1. The fourth-order valence-electron chi connectivity index (χ4n) is 2.40. The number of carbonyl (C=O) groups is 3. The molecule has 0 aromatic heterocycles. The van der Waals surface area contributed by atoms with E-state index in [1.54, 1.807) is 38.1 Å². The Bertz CT molecular complexity index is 684. The van der Waals surface area contributed by atoms with Crippen molar-refractivity contribution in [2.24, 2.45) is 5.92 Å². The van der Waals surface area contributed by atoms with Crippen molar-refractivity contribution in [2.75, 3.05) is 11.9 Å². The summed E-state index contributed by atoms with van der Waals surface area (Å²) in [5, 5.41) is 5.71. The molecule has 7 heteroatoms. The van der Waals surface area contributed by atoms with E-state index in [0.29, 0.717) is 16.4 Å². The van der Waals surface area contributed by atoms with Gasteiger partial charge in [-0.15, -0.1) is 0 Å². The lowest BCUT2D eigenvalue weighted by Crippen LogP contribution is -2.40. The van der Waals surface area contributed by atoms with Gasteiger partial charge in [0.1, 0.15) is 0 Å². The summed E-state index contributed by atoms with van der Waals surface area (Å²) in [6, 6.07) is 6.63. The lowest BCUT2D eigenvalue weighted by atomic mass is 9.89. The number of allylic oxidation sites excluding steroid dienone is 1. The van der Waals surface area contributed by atoms with Crippen LogP contribution in [0.1, 0.15) is 20.3 Å². The van der Waals surface area contributed by atoms with Gasteiger partial charge in [-0.2, -0.15) is 0 Å². The lowest BCUT2D eigenvalue weighted by Gasteiger charge is -2.25. The molecular formula is C16H17ClN2O4. The number of hydrogen-bond acceptors (Lipinski definition) is 4. The Morgan fingerprint density at radius 1 is 1.43 bits per heavy atom. The third-order valence-corrected chi connectivity index (χ3v) is 3.61. The van der Waals surface area contributed by atoms with Crippen molar-refractivity contribution in [3.8, 4) is 0 Å². The summed E-state index contributed by atoms with van der Waals surface area (Å²) in [5.74, 6) is -2.27. The zero-order chi connectivity index (χ0) is 17.0. The number of anilines is 1. The van der Waals surface area contributed by atoms with Crippen LogP contribution < -0.4 is 10.6 Å². The van der Waals surface area contributed by atoms with Crippen LogP contribution in [0.25, 0.3) is 0 Å². The highest BCUT2D eigenvalue weighted by atomic mass is 35.5. The van der Waals surface area contributed by atoms with Crippen molar-refractivity contribution >= 4 is 35.1 Å². The molecule has 1 heterocycles. The molecule has 1 aromatic rings. The van der Waals surface area contributed by atoms with E-state index in [1.165, 1.54) is 0 Å². The molecular weight excluding hydrogens is 320 g/mol. The van der Waals surface area contributed by atoms with Crippen LogP contribution in [0.3, 0.4) is 0 Å². The Hall–Kier alpha value is -2.34. The van der Waals surface area contributed by atoms with E-state index in [4.69, 9.17) is 16.3 Å². The van der Waals surface area contributed by atoms with Crippen molar-refractivity contribution in [1.29, 1.82) is 0 Å². The van der Waals surface area contributed by atoms with E-state index in [2.05, 4.69) is 10.6 Å². The van der Waals surface area contributed by atoms with Crippen molar-refractivity contribution in [2.45, 2.75) is 20.3 Å².